The largest absolute Gasteiger partial charge is 0.505 e. The van der Waals surface area contributed by atoms with E-state index in [9.17, 15) is 14.3 Å². The van der Waals surface area contributed by atoms with Crippen LogP contribution in [0, 0.1) is 18.2 Å². The molecule has 23 heavy (non-hydrogen) atoms. The van der Waals surface area contributed by atoms with E-state index >= 15 is 0 Å². The maximum absolute atomic E-state index is 14.1. The number of fused-ring (bicyclic) bond motifs is 3. The van der Waals surface area contributed by atoms with Crippen molar-refractivity contribution in [2.75, 3.05) is 0 Å². The fraction of sp³-hybridized carbons (Fsp3) is 0.550. The molecule has 0 aliphatic heterocycles. The average molecular weight is 316 g/mol. The standard InChI is InChI=1S/C20H25FO2/c1-4-6-8-20-9-7-17(22)13(5-2)18(20)14-10-16(21)19(23)12(3)15(14)11-20/h10,23H,4-9,11H2,1-3H3. The molecule has 1 N–H and O–H groups in total. The minimum Gasteiger partial charge on any atom is -0.505 e. The van der Waals surface area contributed by atoms with Gasteiger partial charge in [-0.25, -0.2) is 4.39 Å². The molecule has 1 aromatic carbocycles. The van der Waals surface area contributed by atoms with Crippen molar-refractivity contribution < 1.29 is 14.3 Å². The van der Waals surface area contributed by atoms with Crippen LogP contribution in [-0.2, 0) is 11.2 Å². The summed E-state index contributed by atoms with van der Waals surface area (Å²) in [5.74, 6) is -0.597. The van der Waals surface area contributed by atoms with Gasteiger partial charge in [-0.15, -0.1) is 0 Å². The topological polar surface area (TPSA) is 37.3 Å². The number of unbranched alkanes of at least 4 members (excludes halogenated alkanes) is 1. The van der Waals surface area contributed by atoms with Crippen LogP contribution in [0.25, 0.3) is 5.57 Å². The Labute approximate surface area is 137 Å². The lowest BCUT2D eigenvalue weighted by molar-refractivity contribution is -0.116. The SMILES string of the molecule is CCCCC12CCC(=O)C(CC)=C1c1cc(F)c(O)c(C)c1C2. The Hall–Kier alpha value is -1.64. The van der Waals surface area contributed by atoms with Gasteiger partial charge >= 0.3 is 0 Å². The molecule has 0 amide bonds. The predicted molar refractivity (Wildman–Crippen MR) is 89.9 cm³/mol. The summed E-state index contributed by atoms with van der Waals surface area (Å²) in [6.07, 6.45) is 6.22. The molecule has 0 bridgehead atoms. The number of hydrogen-bond acceptors (Lipinski definition) is 2. The van der Waals surface area contributed by atoms with E-state index in [2.05, 4.69) is 6.92 Å². The second kappa shape index (κ2) is 5.77. The van der Waals surface area contributed by atoms with Crippen molar-refractivity contribution in [2.45, 2.75) is 65.7 Å². The van der Waals surface area contributed by atoms with Crippen LogP contribution in [0.5, 0.6) is 5.75 Å². The molecular weight excluding hydrogens is 291 g/mol. The predicted octanol–water partition coefficient (Wildman–Crippen LogP) is 5.10. The molecule has 3 heteroatoms. The molecule has 0 radical (unpaired) electrons. The minimum absolute atomic E-state index is 0.0391. The fourth-order valence-corrected chi connectivity index (χ4v) is 4.54. The highest BCUT2D eigenvalue weighted by molar-refractivity contribution is 6.06. The van der Waals surface area contributed by atoms with Gasteiger partial charge in [-0.1, -0.05) is 26.7 Å². The number of hydrogen-bond donors (Lipinski definition) is 1. The summed E-state index contributed by atoms with van der Waals surface area (Å²) >= 11 is 0. The molecule has 2 nitrogen and oxygen atoms in total. The minimum atomic E-state index is -0.575. The van der Waals surface area contributed by atoms with E-state index in [-0.39, 0.29) is 16.9 Å². The fourth-order valence-electron chi connectivity index (χ4n) is 4.54. The molecule has 3 rings (SSSR count). The third kappa shape index (κ3) is 2.32. The van der Waals surface area contributed by atoms with Crippen LogP contribution in [-0.4, -0.2) is 10.9 Å². The molecule has 2 aliphatic rings. The van der Waals surface area contributed by atoms with Gasteiger partial charge in [0, 0.05) is 11.8 Å². The Morgan fingerprint density at radius 2 is 2.09 bits per heavy atom. The lowest BCUT2D eigenvalue weighted by Crippen LogP contribution is -2.28. The smallest absolute Gasteiger partial charge is 0.165 e. The Bertz CT molecular complexity index is 702. The van der Waals surface area contributed by atoms with Crippen molar-refractivity contribution in [3.05, 3.63) is 34.1 Å². The molecule has 2 aliphatic carbocycles. The van der Waals surface area contributed by atoms with Crippen LogP contribution in [0.1, 0.15) is 69.1 Å². The number of halogens is 1. The van der Waals surface area contributed by atoms with Crippen molar-refractivity contribution in [1.82, 2.24) is 0 Å². The Balaban J connectivity index is 2.26. The number of benzene rings is 1. The van der Waals surface area contributed by atoms with Crippen LogP contribution < -0.4 is 0 Å². The summed E-state index contributed by atoms with van der Waals surface area (Å²) in [5, 5.41) is 9.98. The van der Waals surface area contributed by atoms with Crippen molar-refractivity contribution in [3.63, 3.8) is 0 Å². The molecule has 124 valence electrons. The van der Waals surface area contributed by atoms with Gasteiger partial charge in [-0.2, -0.15) is 0 Å². The van der Waals surface area contributed by atoms with E-state index in [1.54, 1.807) is 6.92 Å². The Morgan fingerprint density at radius 3 is 2.74 bits per heavy atom. The van der Waals surface area contributed by atoms with Crippen molar-refractivity contribution in [2.24, 2.45) is 5.41 Å². The monoisotopic (exact) mass is 316 g/mol. The number of ketones is 1. The first-order chi connectivity index (χ1) is 10.9. The Kier molecular flexibility index (Phi) is 4.07. The number of Topliss-reactive ketones (excluding diaryl/α,β-unsaturated/α-hetero) is 1. The van der Waals surface area contributed by atoms with Gasteiger partial charge in [0.15, 0.2) is 17.3 Å². The van der Waals surface area contributed by atoms with E-state index in [1.165, 1.54) is 6.07 Å². The van der Waals surface area contributed by atoms with Gasteiger partial charge in [0.25, 0.3) is 0 Å². The summed E-state index contributed by atoms with van der Waals surface area (Å²) in [4.78, 5) is 12.4. The van der Waals surface area contributed by atoms with Gasteiger partial charge in [-0.05, 0) is 66.5 Å². The van der Waals surface area contributed by atoms with Crippen LogP contribution in [0.15, 0.2) is 11.6 Å². The number of rotatable bonds is 4. The molecule has 0 aromatic heterocycles. The number of carbonyl (C=O) groups is 1. The van der Waals surface area contributed by atoms with Crippen molar-refractivity contribution in [1.29, 1.82) is 0 Å². The average Bonchev–Trinajstić information content (AvgIpc) is 2.86. The lowest BCUT2D eigenvalue weighted by Gasteiger charge is -2.36. The Morgan fingerprint density at radius 1 is 1.35 bits per heavy atom. The number of carbonyl (C=O) groups excluding carboxylic acids is 1. The van der Waals surface area contributed by atoms with Crippen LogP contribution in [0.2, 0.25) is 0 Å². The number of allylic oxidation sites excluding steroid dienone is 2. The lowest BCUT2D eigenvalue weighted by atomic mass is 9.67. The zero-order chi connectivity index (χ0) is 16.8. The summed E-state index contributed by atoms with van der Waals surface area (Å²) < 4.78 is 14.1. The highest BCUT2D eigenvalue weighted by Crippen LogP contribution is 2.58. The number of aromatic hydroxyl groups is 1. The van der Waals surface area contributed by atoms with Gasteiger partial charge in [-0.3, -0.25) is 4.79 Å². The van der Waals surface area contributed by atoms with Gasteiger partial charge in [0.2, 0.25) is 0 Å². The maximum Gasteiger partial charge on any atom is 0.165 e. The van der Waals surface area contributed by atoms with E-state index in [0.29, 0.717) is 18.4 Å². The molecule has 1 unspecified atom stereocenters. The highest BCUT2D eigenvalue weighted by Gasteiger charge is 2.47. The number of phenols is 1. The summed E-state index contributed by atoms with van der Waals surface area (Å²) in [7, 11) is 0. The molecular formula is C20H25FO2. The second-order valence-electron chi connectivity index (χ2n) is 7.05. The first-order valence-corrected chi connectivity index (χ1v) is 8.73. The van der Waals surface area contributed by atoms with Crippen molar-refractivity contribution >= 4 is 11.4 Å². The summed E-state index contributed by atoms with van der Waals surface area (Å²) in [6, 6.07) is 1.45. The zero-order valence-electron chi connectivity index (χ0n) is 14.3. The second-order valence-corrected chi connectivity index (χ2v) is 7.05. The molecule has 0 fully saturated rings. The molecule has 0 saturated heterocycles. The third-order valence-corrected chi connectivity index (χ3v) is 5.78. The van der Waals surface area contributed by atoms with Crippen LogP contribution in [0.4, 0.5) is 4.39 Å². The van der Waals surface area contributed by atoms with Crippen LogP contribution in [0.3, 0.4) is 0 Å². The van der Waals surface area contributed by atoms with Gasteiger partial charge < -0.3 is 5.11 Å². The van der Waals surface area contributed by atoms with Gasteiger partial charge in [0.1, 0.15) is 0 Å². The van der Waals surface area contributed by atoms with E-state index < -0.39 is 5.82 Å². The maximum atomic E-state index is 14.1. The molecule has 0 spiro atoms. The normalized spacial score (nSPS) is 23.2. The van der Waals surface area contributed by atoms with Crippen LogP contribution >= 0.6 is 0 Å². The third-order valence-electron chi connectivity index (χ3n) is 5.78. The van der Waals surface area contributed by atoms with E-state index in [1.807, 2.05) is 6.92 Å². The summed E-state index contributed by atoms with van der Waals surface area (Å²) in [5.41, 5.74) is 4.48. The zero-order valence-corrected chi connectivity index (χ0v) is 14.3. The first kappa shape index (κ1) is 16.2. The molecule has 1 atom stereocenters. The first-order valence-electron chi connectivity index (χ1n) is 8.73. The highest BCUT2D eigenvalue weighted by atomic mass is 19.1. The quantitative estimate of drug-likeness (QED) is 0.839. The van der Waals surface area contributed by atoms with E-state index in [4.69, 9.17) is 0 Å². The van der Waals surface area contributed by atoms with Gasteiger partial charge in [0.05, 0.1) is 0 Å². The van der Waals surface area contributed by atoms with E-state index in [0.717, 1.165) is 54.4 Å². The number of phenolic OH excluding ortho intramolecular Hbond substituents is 1. The summed E-state index contributed by atoms with van der Waals surface area (Å²) in [6.45, 7) is 5.97. The molecule has 0 heterocycles. The van der Waals surface area contributed by atoms with Crippen molar-refractivity contribution in [3.8, 4) is 5.75 Å². The molecule has 0 saturated carbocycles. The molecule has 1 aromatic rings.